The third-order valence-corrected chi connectivity index (χ3v) is 4.47. The summed E-state index contributed by atoms with van der Waals surface area (Å²) in [5.74, 6) is 0. The maximum atomic E-state index is 3.78. The van der Waals surface area contributed by atoms with Crippen LogP contribution in [0.25, 0.3) is 0 Å². The first kappa shape index (κ1) is 11.0. The van der Waals surface area contributed by atoms with E-state index in [4.69, 9.17) is 0 Å². The molecule has 1 saturated carbocycles. The average molecular weight is 223 g/mol. The lowest BCUT2D eigenvalue weighted by Gasteiger charge is -2.35. The van der Waals surface area contributed by atoms with Crippen LogP contribution in [0.15, 0.2) is 0 Å². The predicted octanol–water partition coefficient (Wildman–Crippen LogP) is 0.907. The molecule has 3 aliphatic rings. The van der Waals surface area contributed by atoms with Gasteiger partial charge in [0.1, 0.15) is 0 Å². The van der Waals surface area contributed by atoms with E-state index >= 15 is 0 Å². The summed E-state index contributed by atoms with van der Waals surface area (Å²) in [4.78, 5) is 5.21. The quantitative estimate of drug-likeness (QED) is 0.767. The van der Waals surface area contributed by atoms with Crippen molar-refractivity contribution in [3.05, 3.63) is 0 Å². The molecule has 2 aliphatic heterocycles. The van der Waals surface area contributed by atoms with Crippen LogP contribution in [0.3, 0.4) is 0 Å². The first-order valence-corrected chi connectivity index (χ1v) is 7.00. The fourth-order valence-electron chi connectivity index (χ4n) is 3.20. The highest BCUT2D eigenvalue weighted by atomic mass is 15.2. The zero-order valence-corrected chi connectivity index (χ0v) is 10.5. The fourth-order valence-corrected chi connectivity index (χ4v) is 3.20. The third-order valence-electron chi connectivity index (χ3n) is 4.47. The number of hydrogen-bond acceptors (Lipinski definition) is 3. The molecule has 0 aromatic heterocycles. The Morgan fingerprint density at radius 2 is 1.62 bits per heavy atom. The Morgan fingerprint density at radius 1 is 0.875 bits per heavy atom. The number of piperidine rings is 1. The molecule has 0 spiro atoms. The molecule has 1 aliphatic carbocycles. The molecule has 0 radical (unpaired) electrons. The van der Waals surface area contributed by atoms with Crippen LogP contribution in [-0.4, -0.2) is 61.2 Å². The van der Waals surface area contributed by atoms with Gasteiger partial charge in [-0.2, -0.15) is 0 Å². The summed E-state index contributed by atoms with van der Waals surface area (Å²) in [6.07, 6.45) is 6.98. The summed E-state index contributed by atoms with van der Waals surface area (Å²) in [6.45, 7) is 5.23. The van der Waals surface area contributed by atoms with Crippen molar-refractivity contribution in [2.75, 3.05) is 33.2 Å². The smallest absolute Gasteiger partial charge is 0.0209 e. The van der Waals surface area contributed by atoms with Gasteiger partial charge in [0.25, 0.3) is 0 Å². The average Bonchev–Trinajstić information content (AvgIpc) is 2.97. The van der Waals surface area contributed by atoms with E-state index in [0.717, 1.165) is 18.1 Å². The third kappa shape index (κ3) is 2.58. The summed E-state index contributed by atoms with van der Waals surface area (Å²) in [5, 5.41) is 3.78. The predicted molar refractivity (Wildman–Crippen MR) is 66.7 cm³/mol. The van der Waals surface area contributed by atoms with Crippen LogP contribution in [0.5, 0.6) is 0 Å². The molecule has 1 atom stereocenters. The Morgan fingerprint density at radius 3 is 2.31 bits per heavy atom. The molecule has 3 heteroatoms. The normalized spacial score (nSPS) is 34.7. The van der Waals surface area contributed by atoms with Gasteiger partial charge in [-0.15, -0.1) is 0 Å². The van der Waals surface area contributed by atoms with Crippen molar-refractivity contribution < 1.29 is 0 Å². The highest BCUT2D eigenvalue weighted by molar-refractivity contribution is 4.92. The number of nitrogens with zero attached hydrogens (tertiary/aromatic N) is 2. The molecular formula is C13H25N3. The van der Waals surface area contributed by atoms with Crippen molar-refractivity contribution in [1.82, 2.24) is 15.1 Å². The van der Waals surface area contributed by atoms with Gasteiger partial charge in [0.2, 0.25) is 0 Å². The van der Waals surface area contributed by atoms with E-state index in [9.17, 15) is 0 Å². The minimum Gasteiger partial charge on any atom is -0.310 e. The molecule has 16 heavy (non-hydrogen) atoms. The van der Waals surface area contributed by atoms with Crippen LogP contribution >= 0.6 is 0 Å². The molecule has 3 fully saturated rings. The largest absolute Gasteiger partial charge is 0.310 e. The maximum Gasteiger partial charge on any atom is 0.0209 e. The highest BCUT2D eigenvalue weighted by Crippen LogP contribution is 2.24. The Hall–Kier alpha value is -0.120. The summed E-state index contributed by atoms with van der Waals surface area (Å²) in [5.41, 5.74) is 0. The Kier molecular flexibility index (Phi) is 3.18. The van der Waals surface area contributed by atoms with Gasteiger partial charge < -0.3 is 10.2 Å². The topological polar surface area (TPSA) is 18.5 Å². The summed E-state index contributed by atoms with van der Waals surface area (Å²) in [6, 6.07) is 2.55. The van der Waals surface area contributed by atoms with Gasteiger partial charge >= 0.3 is 0 Å². The molecule has 0 amide bonds. The van der Waals surface area contributed by atoms with Gasteiger partial charge in [-0.25, -0.2) is 0 Å². The molecular weight excluding hydrogens is 198 g/mol. The summed E-state index contributed by atoms with van der Waals surface area (Å²) >= 11 is 0. The van der Waals surface area contributed by atoms with E-state index in [-0.39, 0.29) is 0 Å². The SMILES string of the molecule is CN1CCC(N2CCC(NC3CC3)C2)CC1. The van der Waals surface area contributed by atoms with Crippen LogP contribution in [0.2, 0.25) is 0 Å². The first-order valence-electron chi connectivity index (χ1n) is 7.00. The summed E-state index contributed by atoms with van der Waals surface area (Å²) < 4.78 is 0. The van der Waals surface area contributed by atoms with Crippen molar-refractivity contribution in [3.8, 4) is 0 Å². The standard InChI is InChI=1S/C13H25N3/c1-15-7-5-13(6-8-15)16-9-4-12(10-16)14-11-2-3-11/h11-14H,2-10H2,1H3. The van der Waals surface area contributed by atoms with Crippen molar-refractivity contribution >= 4 is 0 Å². The number of likely N-dealkylation sites (tertiary alicyclic amines) is 2. The second-order valence-electron chi connectivity index (χ2n) is 5.96. The molecule has 92 valence electrons. The Labute approximate surface area is 99.2 Å². The van der Waals surface area contributed by atoms with Crippen LogP contribution < -0.4 is 5.32 Å². The molecule has 3 rings (SSSR count). The monoisotopic (exact) mass is 223 g/mol. The van der Waals surface area contributed by atoms with Gasteiger partial charge in [-0.3, -0.25) is 4.90 Å². The van der Waals surface area contributed by atoms with E-state index in [1.807, 2.05) is 0 Å². The van der Waals surface area contributed by atoms with Gasteiger partial charge in [-0.05, 0) is 52.2 Å². The Bertz CT molecular complexity index is 231. The number of rotatable bonds is 3. The summed E-state index contributed by atoms with van der Waals surface area (Å²) in [7, 11) is 2.25. The fraction of sp³-hybridized carbons (Fsp3) is 1.00. The molecule has 1 unspecified atom stereocenters. The van der Waals surface area contributed by atoms with Crippen LogP contribution in [-0.2, 0) is 0 Å². The molecule has 1 N–H and O–H groups in total. The minimum absolute atomic E-state index is 0.798. The van der Waals surface area contributed by atoms with E-state index < -0.39 is 0 Å². The van der Waals surface area contributed by atoms with E-state index in [0.29, 0.717) is 0 Å². The second-order valence-corrected chi connectivity index (χ2v) is 5.96. The second kappa shape index (κ2) is 4.63. The van der Waals surface area contributed by atoms with Crippen molar-refractivity contribution in [2.45, 2.75) is 50.2 Å². The molecule has 0 aromatic carbocycles. The van der Waals surface area contributed by atoms with Gasteiger partial charge in [0.15, 0.2) is 0 Å². The van der Waals surface area contributed by atoms with E-state index in [2.05, 4.69) is 22.2 Å². The van der Waals surface area contributed by atoms with Gasteiger partial charge in [-0.1, -0.05) is 0 Å². The molecule has 2 heterocycles. The first-order chi connectivity index (χ1) is 7.81. The lowest BCUT2D eigenvalue weighted by Crippen LogP contribution is -2.44. The van der Waals surface area contributed by atoms with Gasteiger partial charge in [0, 0.05) is 31.2 Å². The van der Waals surface area contributed by atoms with Crippen LogP contribution in [0.4, 0.5) is 0 Å². The maximum absolute atomic E-state index is 3.78. The zero-order chi connectivity index (χ0) is 11.0. The lowest BCUT2D eigenvalue weighted by atomic mass is 10.0. The minimum atomic E-state index is 0.798. The lowest BCUT2D eigenvalue weighted by molar-refractivity contribution is 0.141. The molecule has 0 aromatic rings. The number of nitrogens with one attached hydrogen (secondary N) is 1. The van der Waals surface area contributed by atoms with Gasteiger partial charge in [0.05, 0.1) is 0 Å². The highest BCUT2D eigenvalue weighted by Gasteiger charge is 2.32. The van der Waals surface area contributed by atoms with Crippen molar-refractivity contribution in [3.63, 3.8) is 0 Å². The molecule has 0 bridgehead atoms. The molecule has 2 saturated heterocycles. The van der Waals surface area contributed by atoms with Crippen LogP contribution in [0.1, 0.15) is 32.1 Å². The van der Waals surface area contributed by atoms with Crippen molar-refractivity contribution in [1.29, 1.82) is 0 Å². The van der Waals surface area contributed by atoms with E-state index in [1.165, 1.54) is 58.3 Å². The molecule has 3 nitrogen and oxygen atoms in total. The van der Waals surface area contributed by atoms with E-state index in [1.54, 1.807) is 0 Å². The van der Waals surface area contributed by atoms with Crippen LogP contribution in [0, 0.1) is 0 Å². The van der Waals surface area contributed by atoms with Crippen molar-refractivity contribution in [2.24, 2.45) is 0 Å². The Balaban J connectivity index is 1.45. The number of hydrogen-bond donors (Lipinski definition) is 1. The zero-order valence-electron chi connectivity index (χ0n) is 10.5.